The zero-order valence-electron chi connectivity index (χ0n) is 18.4. The van der Waals surface area contributed by atoms with Crippen molar-refractivity contribution in [3.63, 3.8) is 0 Å². The van der Waals surface area contributed by atoms with Crippen LogP contribution in [0.3, 0.4) is 0 Å². The van der Waals surface area contributed by atoms with Crippen LogP contribution in [0.25, 0.3) is 6.08 Å². The Labute approximate surface area is 189 Å². The Morgan fingerprint density at radius 2 is 2.19 bits per heavy atom. The molecule has 1 saturated heterocycles. The molecule has 1 N–H and O–H groups in total. The first-order valence-electron chi connectivity index (χ1n) is 10.6. The lowest BCUT2D eigenvalue weighted by molar-refractivity contribution is -0.116. The van der Waals surface area contributed by atoms with E-state index in [1.165, 1.54) is 6.08 Å². The molecule has 31 heavy (non-hydrogen) atoms. The molecule has 1 aromatic carbocycles. The Morgan fingerprint density at radius 1 is 1.42 bits per heavy atom. The van der Waals surface area contributed by atoms with Gasteiger partial charge in [-0.3, -0.25) is 14.4 Å². The monoisotopic (exact) mass is 446 g/mol. The Bertz CT molecular complexity index is 906. The van der Waals surface area contributed by atoms with Crippen molar-refractivity contribution in [1.29, 1.82) is 0 Å². The molecule has 168 valence electrons. The summed E-state index contributed by atoms with van der Waals surface area (Å²) in [6.45, 7) is 5.45. The second-order valence-electron chi connectivity index (χ2n) is 7.78. The molecule has 0 bridgehead atoms. The summed E-state index contributed by atoms with van der Waals surface area (Å²) in [6.07, 6.45) is 5.32. The average molecular weight is 447 g/mol. The van der Waals surface area contributed by atoms with Gasteiger partial charge in [-0.2, -0.15) is 5.10 Å². The molecule has 0 aliphatic carbocycles. The van der Waals surface area contributed by atoms with Crippen molar-refractivity contribution in [2.45, 2.75) is 32.4 Å². The highest BCUT2D eigenvalue weighted by molar-refractivity contribution is 6.31. The smallest absolute Gasteiger partial charge is 0.244 e. The molecule has 0 unspecified atom stereocenters. The van der Waals surface area contributed by atoms with Crippen LogP contribution in [-0.2, 0) is 23.1 Å². The third-order valence-electron chi connectivity index (χ3n) is 5.49. The maximum Gasteiger partial charge on any atom is 0.244 e. The molecule has 2 heterocycles. The molecule has 7 nitrogen and oxygen atoms in total. The largest absolute Gasteiger partial charge is 0.492 e. The zero-order chi connectivity index (χ0) is 22.2. The number of halogens is 1. The van der Waals surface area contributed by atoms with E-state index in [1.54, 1.807) is 17.8 Å². The number of likely N-dealkylation sites (N-methyl/N-ethyl adjacent to an activating group) is 1. The summed E-state index contributed by atoms with van der Waals surface area (Å²) >= 11 is 6.19. The van der Waals surface area contributed by atoms with Crippen LogP contribution >= 0.6 is 11.6 Å². The minimum absolute atomic E-state index is 0.191. The van der Waals surface area contributed by atoms with Gasteiger partial charge < -0.3 is 14.8 Å². The summed E-state index contributed by atoms with van der Waals surface area (Å²) < 4.78 is 12.9. The van der Waals surface area contributed by atoms with E-state index in [2.05, 4.69) is 22.4 Å². The van der Waals surface area contributed by atoms with Crippen LogP contribution in [0, 0.1) is 6.92 Å². The first kappa shape index (κ1) is 23.3. The van der Waals surface area contributed by atoms with Crippen molar-refractivity contribution >= 4 is 23.6 Å². The molecule has 0 spiro atoms. The number of hydrogen-bond acceptors (Lipinski definition) is 5. The van der Waals surface area contributed by atoms with Gasteiger partial charge in [0.25, 0.3) is 0 Å². The van der Waals surface area contributed by atoms with Gasteiger partial charge in [0.05, 0.1) is 5.69 Å². The van der Waals surface area contributed by atoms with Crippen molar-refractivity contribution < 1.29 is 14.3 Å². The van der Waals surface area contributed by atoms with Crippen LogP contribution in [0.1, 0.15) is 29.7 Å². The summed E-state index contributed by atoms with van der Waals surface area (Å²) in [4.78, 5) is 14.5. The highest BCUT2D eigenvalue weighted by Gasteiger charge is 2.18. The van der Waals surface area contributed by atoms with Gasteiger partial charge in [-0.15, -0.1) is 0 Å². The number of rotatable bonds is 9. The van der Waals surface area contributed by atoms with E-state index in [0.29, 0.717) is 24.3 Å². The fourth-order valence-electron chi connectivity index (χ4n) is 3.60. The van der Waals surface area contributed by atoms with Crippen molar-refractivity contribution in [3.05, 3.63) is 52.3 Å². The molecule has 3 rings (SSSR count). The number of carbonyl (C=O) groups is 1. The lowest BCUT2D eigenvalue weighted by Gasteiger charge is -2.31. The number of aromatic nitrogens is 2. The highest BCUT2D eigenvalue weighted by Crippen LogP contribution is 2.20. The molecule has 2 aromatic rings. The Hall–Kier alpha value is -2.35. The second-order valence-corrected chi connectivity index (χ2v) is 8.14. The SMILES string of the molecule is Cc1nn(C)c(Cl)c1/C=C/C(=O)NCc1cccc(OCCN(C)C2CCOCC2)c1. The lowest BCUT2D eigenvalue weighted by atomic mass is 10.1. The molecular formula is C23H31ClN4O3. The second kappa shape index (κ2) is 11.3. The average Bonchev–Trinajstić information content (AvgIpc) is 3.02. The quantitative estimate of drug-likeness (QED) is 0.599. The van der Waals surface area contributed by atoms with Gasteiger partial charge in [0.2, 0.25) is 5.91 Å². The van der Waals surface area contributed by atoms with E-state index in [-0.39, 0.29) is 5.91 Å². The molecular weight excluding hydrogens is 416 g/mol. The van der Waals surface area contributed by atoms with E-state index < -0.39 is 0 Å². The van der Waals surface area contributed by atoms with Crippen molar-refractivity contribution in [1.82, 2.24) is 20.0 Å². The Morgan fingerprint density at radius 3 is 2.90 bits per heavy atom. The topological polar surface area (TPSA) is 68.6 Å². The number of hydrogen-bond donors (Lipinski definition) is 1. The molecule has 0 atom stereocenters. The number of carbonyl (C=O) groups excluding carboxylic acids is 1. The molecule has 1 amide bonds. The minimum atomic E-state index is -0.191. The van der Waals surface area contributed by atoms with Crippen LogP contribution in [0.5, 0.6) is 5.75 Å². The summed E-state index contributed by atoms with van der Waals surface area (Å²) in [7, 11) is 3.91. The molecule has 1 aromatic heterocycles. The predicted molar refractivity (Wildman–Crippen MR) is 122 cm³/mol. The fourth-order valence-corrected chi connectivity index (χ4v) is 3.84. The van der Waals surface area contributed by atoms with Crippen LogP contribution in [-0.4, -0.2) is 60.0 Å². The number of nitrogens with zero attached hydrogens (tertiary/aromatic N) is 3. The molecule has 0 radical (unpaired) electrons. The van der Waals surface area contributed by atoms with Gasteiger partial charge in [0.15, 0.2) is 0 Å². The summed E-state index contributed by atoms with van der Waals surface area (Å²) in [5.74, 6) is 0.615. The van der Waals surface area contributed by atoms with Crippen LogP contribution in [0.15, 0.2) is 30.3 Å². The third kappa shape index (κ3) is 6.82. The number of benzene rings is 1. The predicted octanol–water partition coefficient (Wildman–Crippen LogP) is 3.20. The molecule has 8 heteroatoms. The van der Waals surface area contributed by atoms with E-state index in [0.717, 1.165) is 55.2 Å². The number of aryl methyl sites for hydroxylation is 2. The normalized spacial score (nSPS) is 15.0. The first-order valence-corrected chi connectivity index (χ1v) is 11.0. The minimum Gasteiger partial charge on any atom is -0.492 e. The summed E-state index contributed by atoms with van der Waals surface area (Å²) in [5, 5.41) is 7.63. The maximum absolute atomic E-state index is 12.2. The van der Waals surface area contributed by atoms with Gasteiger partial charge >= 0.3 is 0 Å². The Kier molecular flexibility index (Phi) is 8.51. The maximum atomic E-state index is 12.2. The molecule has 0 saturated carbocycles. The fraction of sp³-hybridized carbons (Fsp3) is 0.478. The van der Waals surface area contributed by atoms with E-state index in [1.807, 2.05) is 31.2 Å². The van der Waals surface area contributed by atoms with Crippen molar-refractivity contribution in [2.75, 3.05) is 33.4 Å². The lowest BCUT2D eigenvalue weighted by Crippen LogP contribution is -2.38. The standard InChI is InChI=1S/C23H31ClN4O3/c1-17-21(23(24)28(3)26-17)7-8-22(29)25-16-18-5-4-6-20(15-18)31-14-11-27(2)19-9-12-30-13-10-19/h4-8,15,19H,9-14,16H2,1-3H3,(H,25,29)/b8-7+. The van der Waals surface area contributed by atoms with Gasteiger partial charge in [0.1, 0.15) is 17.5 Å². The van der Waals surface area contributed by atoms with E-state index in [4.69, 9.17) is 21.1 Å². The zero-order valence-corrected chi connectivity index (χ0v) is 19.2. The molecule has 1 fully saturated rings. The Balaban J connectivity index is 1.44. The van der Waals surface area contributed by atoms with E-state index in [9.17, 15) is 4.79 Å². The van der Waals surface area contributed by atoms with Crippen LogP contribution in [0.4, 0.5) is 0 Å². The van der Waals surface area contributed by atoms with Crippen molar-refractivity contribution in [2.24, 2.45) is 7.05 Å². The summed E-state index contributed by atoms with van der Waals surface area (Å²) in [5.41, 5.74) is 2.51. The van der Waals surface area contributed by atoms with Gasteiger partial charge in [0, 0.05) is 51.0 Å². The highest BCUT2D eigenvalue weighted by atomic mass is 35.5. The van der Waals surface area contributed by atoms with Crippen LogP contribution in [0.2, 0.25) is 5.15 Å². The first-order chi connectivity index (χ1) is 14.9. The van der Waals surface area contributed by atoms with Crippen LogP contribution < -0.4 is 10.1 Å². The number of nitrogens with one attached hydrogen (secondary N) is 1. The van der Waals surface area contributed by atoms with E-state index >= 15 is 0 Å². The van der Waals surface area contributed by atoms with Gasteiger partial charge in [-0.25, -0.2) is 0 Å². The van der Waals surface area contributed by atoms with Gasteiger partial charge in [-0.1, -0.05) is 23.7 Å². The molecule has 1 aliphatic heterocycles. The van der Waals surface area contributed by atoms with Crippen molar-refractivity contribution in [3.8, 4) is 5.75 Å². The number of amides is 1. The summed E-state index contributed by atoms with van der Waals surface area (Å²) in [6, 6.07) is 8.37. The molecule has 1 aliphatic rings. The third-order valence-corrected chi connectivity index (χ3v) is 5.94. The van der Waals surface area contributed by atoms with Gasteiger partial charge in [-0.05, 0) is 50.6 Å². The number of ether oxygens (including phenoxy) is 2.